The van der Waals surface area contributed by atoms with Gasteiger partial charge in [0.2, 0.25) is 0 Å². The first-order valence-corrected chi connectivity index (χ1v) is 8.88. The maximum Gasteiger partial charge on any atom is 0.102 e. The Hall–Kier alpha value is 0.500. The van der Waals surface area contributed by atoms with Crippen molar-refractivity contribution in [2.45, 2.75) is 0 Å². The van der Waals surface area contributed by atoms with Crippen molar-refractivity contribution in [3.63, 3.8) is 0 Å². The van der Waals surface area contributed by atoms with Crippen LogP contribution in [0.1, 0.15) is 0 Å². The summed E-state index contributed by atoms with van der Waals surface area (Å²) >= 11 is 0. The van der Waals surface area contributed by atoms with E-state index in [1.54, 1.807) is 10.8 Å². The van der Waals surface area contributed by atoms with Crippen LogP contribution in [0.3, 0.4) is 0 Å². The topological polar surface area (TPSA) is 51.8 Å². The highest BCUT2D eigenvalue weighted by atomic mass is 33.1. The fourth-order valence-corrected chi connectivity index (χ4v) is 2.92. The van der Waals surface area contributed by atoms with Gasteiger partial charge in [-0.2, -0.15) is 0 Å². The van der Waals surface area contributed by atoms with E-state index in [9.17, 15) is 0 Å². The van der Waals surface area contributed by atoms with Gasteiger partial charge in [-0.15, -0.1) is 0 Å². The van der Waals surface area contributed by atoms with Gasteiger partial charge in [0.05, 0.1) is 33.0 Å². The molecule has 0 aromatic rings. The molecule has 0 spiro atoms. The van der Waals surface area contributed by atoms with Crippen LogP contribution in [-0.2, 0) is 14.2 Å². The Balaban J connectivity index is 2.00. The Morgan fingerprint density at radius 1 is 0.611 bits per heavy atom. The van der Waals surface area contributed by atoms with Gasteiger partial charge in [-0.25, -0.2) is 0 Å². The molecule has 0 atom stereocenters. The molecule has 0 aliphatic carbocycles. The molecular formula is C11H24N2O3S2. The zero-order valence-corrected chi connectivity index (χ0v) is 12.5. The molecule has 0 saturated carbocycles. The highest BCUT2D eigenvalue weighted by Gasteiger charge is 1.95. The summed E-state index contributed by atoms with van der Waals surface area (Å²) in [5.41, 5.74) is 0. The zero-order valence-electron chi connectivity index (χ0n) is 10.8. The molecule has 0 unspecified atom stereocenters. The summed E-state index contributed by atoms with van der Waals surface area (Å²) in [7, 11) is 3.61. The Morgan fingerprint density at radius 3 is 1.94 bits per heavy atom. The van der Waals surface area contributed by atoms with E-state index in [1.165, 1.54) is 0 Å². The largest absolute Gasteiger partial charge is 0.378 e. The normalized spacial score (nSPS) is 24.0. The van der Waals surface area contributed by atoms with Gasteiger partial charge >= 0.3 is 0 Å². The monoisotopic (exact) mass is 296 g/mol. The molecule has 1 aliphatic heterocycles. The lowest BCUT2D eigenvalue weighted by Gasteiger charge is -2.09. The lowest BCUT2D eigenvalue weighted by atomic mass is 10.6. The van der Waals surface area contributed by atoms with Crippen LogP contribution in [0.2, 0.25) is 0 Å². The third kappa shape index (κ3) is 11.6. The number of ether oxygens (including phenoxy) is 3. The van der Waals surface area contributed by atoms with E-state index in [0.717, 1.165) is 57.7 Å². The maximum absolute atomic E-state index is 5.48. The number of rotatable bonds is 0. The van der Waals surface area contributed by atoms with E-state index in [1.807, 2.05) is 10.8 Å². The Morgan fingerprint density at radius 2 is 1.22 bits per heavy atom. The summed E-state index contributed by atoms with van der Waals surface area (Å²) in [4.78, 5) is 0. The minimum Gasteiger partial charge on any atom is -0.378 e. The van der Waals surface area contributed by atoms with Gasteiger partial charge in [-0.05, 0) is 0 Å². The van der Waals surface area contributed by atoms with Gasteiger partial charge in [-0.1, -0.05) is 21.6 Å². The molecule has 0 aromatic carbocycles. The van der Waals surface area contributed by atoms with Gasteiger partial charge in [0.25, 0.3) is 0 Å². The van der Waals surface area contributed by atoms with Crippen molar-refractivity contribution in [2.24, 2.45) is 0 Å². The minimum absolute atomic E-state index is 0.671. The van der Waals surface area contributed by atoms with Crippen LogP contribution in [0, 0.1) is 0 Å². The summed E-state index contributed by atoms with van der Waals surface area (Å²) in [6.45, 7) is 7.26. The Bertz CT molecular complexity index is 103. The van der Waals surface area contributed by atoms with E-state index >= 15 is 0 Å². The molecule has 1 saturated heterocycles. The molecule has 0 radical (unpaired) electrons. The van der Waals surface area contributed by atoms with Crippen molar-refractivity contribution in [1.29, 1.82) is 0 Å². The summed E-state index contributed by atoms with van der Waals surface area (Å²) in [5, 5.41) is 6.61. The van der Waals surface area contributed by atoms with Crippen LogP contribution in [0.25, 0.3) is 0 Å². The second-order valence-electron chi connectivity index (χ2n) is 3.69. The fraction of sp³-hybridized carbons (Fsp3) is 1.00. The second-order valence-corrected chi connectivity index (χ2v) is 6.22. The number of nitrogens with one attached hydrogen (secondary N) is 2. The van der Waals surface area contributed by atoms with Crippen LogP contribution in [0.15, 0.2) is 0 Å². The summed E-state index contributed by atoms with van der Waals surface area (Å²) in [6.07, 6.45) is 0. The fourth-order valence-electron chi connectivity index (χ4n) is 1.30. The molecule has 18 heavy (non-hydrogen) atoms. The molecule has 1 aliphatic rings. The highest BCUT2D eigenvalue weighted by Crippen LogP contribution is 2.19. The average Bonchev–Trinajstić information content (AvgIpc) is 2.39. The van der Waals surface area contributed by atoms with Crippen molar-refractivity contribution < 1.29 is 14.2 Å². The summed E-state index contributed by atoms with van der Waals surface area (Å²) < 4.78 is 16.3. The molecule has 2 N–H and O–H groups in total. The van der Waals surface area contributed by atoms with Crippen molar-refractivity contribution in [1.82, 2.24) is 10.6 Å². The molecule has 1 fully saturated rings. The zero-order chi connectivity index (χ0) is 12.7. The van der Waals surface area contributed by atoms with Gasteiger partial charge < -0.3 is 24.8 Å². The third-order valence-corrected chi connectivity index (χ3v) is 4.31. The predicted molar refractivity (Wildman–Crippen MR) is 78.2 cm³/mol. The minimum atomic E-state index is 0.671. The van der Waals surface area contributed by atoms with Gasteiger partial charge in [0, 0.05) is 31.9 Å². The average molecular weight is 296 g/mol. The van der Waals surface area contributed by atoms with Gasteiger partial charge in [0.1, 0.15) is 5.94 Å². The Kier molecular flexibility index (Phi) is 12.8. The lowest BCUT2D eigenvalue weighted by molar-refractivity contribution is 0.0496. The van der Waals surface area contributed by atoms with Gasteiger partial charge in [-0.3, -0.25) is 0 Å². The molecule has 108 valence electrons. The first-order valence-electron chi connectivity index (χ1n) is 6.39. The lowest BCUT2D eigenvalue weighted by Crippen LogP contribution is -2.25. The van der Waals surface area contributed by atoms with Crippen molar-refractivity contribution >= 4 is 21.6 Å². The second kappa shape index (κ2) is 13.9. The van der Waals surface area contributed by atoms with Crippen LogP contribution in [-0.4, -0.2) is 70.9 Å². The SMILES string of the molecule is C1COCCOCCNCCSSCOCCN1. The van der Waals surface area contributed by atoms with E-state index in [-0.39, 0.29) is 0 Å². The summed E-state index contributed by atoms with van der Waals surface area (Å²) in [5.74, 6) is 1.85. The third-order valence-electron chi connectivity index (χ3n) is 2.22. The molecular weight excluding hydrogens is 272 g/mol. The van der Waals surface area contributed by atoms with Crippen molar-refractivity contribution in [3.8, 4) is 0 Å². The molecule has 1 rings (SSSR count). The number of hydrogen-bond acceptors (Lipinski definition) is 7. The molecule has 0 aromatic heterocycles. The van der Waals surface area contributed by atoms with Crippen LogP contribution < -0.4 is 10.6 Å². The van der Waals surface area contributed by atoms with Crippen LogP contribution >= 0.6 is 21.6 Å². The van der Waals surface area contributed by atoms with Crippen molar-refractivity contribution in [3.05, 3.63) is 0 Å². The Labute approximate surface area is 117 Å². The predicted octanol–water partition coefficient (Wildman–Crippen LogP) is 0.568. The van der Waals surface area contributed by atoms with E-state index in [0.29, 0.717) is 13.2 Å². The first kappa shape index (κ1) is 16.6. The molecule has 0 amide bonds. The van der Waals surface area contributed by atoms with Crippen molar-refractivity contribution in [2.75, 3.05) is 70.9 Å². The molecule has 7 heteroatoms. The quantitative estimate of drug-likeness (QED) is 0.634. The highest BCUT2D eigenvalue weighted by molar-refractivity contribution is 8.76. The van der Waals surface area contributed by atoms with E-state index in [4.69, 9.17) is 14.2 Å². The van der Waals surface area contributed by atoms with E-state index in [2.05, 4.69) is 10.6 Å². The standard InChI is InChI=1S/C11H24N2O3S2/c1-5-14-8-9-15-6-2-13-4-10-17-18-11-16-7-3-12-1/h12-13H,1-11H2. The maximum atomic E-state index is 5.48. The van der Waals surface area contributed by atoms with Gasteiger partial charge in [0.15, 0.2) is 0 Å². The molecule has 1 heterocycles. The molecule has 0 bridgehead atoms. The molecule has 5 nitrogen and oxygen atoms in total. The van der Waals surface area contributed by atoms with Crippen LogP contribution in [0.4, 0.5) is 0 Å². The smallest absolute Gasteiger partial charge is 0.102 e. The first-order chi connectivity index (χ1) is 9.00. The number of hydrogen-bond donors (Lipinski definition) is 2. The summed E-state index contributed by atoms with van der Waals surface area (Å²) in [6, 6.07) is 0. The van der Waals surface area contributed by atoms with Crippen LogP contribution in [0.5, 0.6) is 0 Å². The van der Waals surface area contributed by atoms with E-state index < -0.39 is 0 Å².